The zero-order chi connectivity index (χ0) is 27.4. The third-order valence-corrected chi connectivity index (χ3v) is 8.33. The second kappa shape index (κ2) is 12.1. The molecule has 0 saturated carbocycles. The van der Waals surface area contributed by atoms with Crippen LogP contribution in [0.3, 0.4) is 0 Å². The summed E-state index contributed by atoms with van der Waals surface area (Å²) in [6, 6.07) is 8.58. The number of rotatable bonds is 8. The highest BCUT2D eigenvalue weighted by Gasteiger charge is 2.33. The molecule has 200 valence electrons. The first-order valence-electron chi connectivity index (χ1n) is 13.0. The van der Waals surface area contributed by atoms with Gasteiger partial charge in [-0.25, -0.2) is 4.39 Å². The van der Waals surface area contributed by atoms with Crippen LogP contribution in [0.1, 0.15) is 49.8 Å². The Morgan fingerprint density at radius 3 is 2.32 bits per heavy atom. The second-order valence-electron chi connectivity index (χ2n) is 9.44. The lowest BCUT2D eigenvalue weighted by molar-refractivity contribution is -0.122. The van der Waals surface area contributed by atoms with Gasteiger partial charge < -0.3 is 9.80 Å². The van der Waals surface area contributed by atoms with E-state index in [2.05, 4.69) is 22.8 Å². The summed E-state index contributed by atoms with van der Waals surface area (Å²) in [4.78, 5) is 33.2. The summed E-state index contributed by atoms with van der Waals surface area (Å²) in [7, 11) is 0. The molecule has 0 bridgehead atoms. The molecule has 3 heterocycles. The van der Waals surface area contributed by atoms with E-state index in [1.54, 1.807) is 28.5 Å². The van der Waals surface area contributed by atoms with Gasteiger partial charge in [-0.1, -0.05) is 44.2 Å². The van der Waals surface area contributed by atoms with Crippen LogP contribution in [0.4, 0.5) is 15.9 Å². The van der Waals surface area contributed by atoms with Gasteiger partial charge in [0.25, 0.3) is 11.5 Å². The Balaban J connectivity index is 1.78. The number of thiocarbonyl (C=S) groups is 1. The molecule has 1 amide bonds. The van der Waals surface area contributed by atoms with Gasteiger partial charge >= 0.3 is 0 Å². The maximum absolute atomic E-state index is 13.5. The minimum absolute atomic E-state index is 0.102. The largest absolute Gasteiger partial charge is 0.368 e. The topological polar surface area (TPSA) is 72.6 Å². The molecule has 2 aliphatic rings. The average molecular weight is 554 g/mol. The number of halogens is 1. The first-order valence-corrected chi connectivity index (χ1v) is 14.2. The molecule has 10 heteroatoms. The maximum atomic E-state index is 13.5. The zero-order valence-electron chi connectivity index (χ0n) is 22.0. The van der Waals surface area contributed by atoms with Crippen LogP contribution in [0.25, 0.3) is 6.08 Å². The Bertz CT molecular complexity index is 1360. The van der Waals surface area contributed by atoms with Crippen LogP contribution in [0.15, 0.2) is 34.0 Å². The number of hydrogen-bond acceptors (Lipinski definition) is 7. The Kier molecular flexibility index (Phi) is 8.90. The highest BCUT2D eigenvalue weighted by molar-refractivity contribution is 8.26. The number of anilines is 2. The normalized spacial score (nSPS) is 17.0. The van der Waals surface area contributed by atoms with Crippen molar-refractivity contribution in [2.45, 2.75) is 46.6 Å². The van der Waals surface area contributed by atoms with Crippen LogP contribution in [0.5, 0.6) is 0 Å². The molecule has 0 atom stereocenters. The van der Waals surface area contributed by atoms with Crippen LogP contribution < -0.4 is 15.4 Å². The number of amides is 1. The van der Waals surface area contributed by atoms with Crippen molar-refractivity contribution >= 4 is 51.8 Å². The molecule has 4 rings (SSSR count). The third-order valence-electron chi connectivity index (χ3n) is 6.95. The number of unbranched alkanes of at least 4 members (excludes halogenated alkanes) is 1. The highest BCUT2D eigenvalue weighted by atomic mass is 32.2. The van der Waals surface area contributed by atoms with Crippen molar-refractivity contribution in [2.75, 3.05) is 42.5 Å². The van der Waals surface area contributed by atoms with Crippen molar-refractivity contribution in [1.29, 1.82) is 5.26 Å². The molecule has 2 fully saturated rings. The highest BCUT2D eigenvalue weighted by Crippen LogP contribution is 2.36. The summed E-state index contributed by atoms with van der Waals surface area (Å²) in [6.45, 7) is 9.51. The van der Waals surface area contributed by atoms with E-state index in [1.807, 2.05) is 13.0 Å². The second-order valence-corrected chi connectivity index (χ2v) is 11.1. The summed E-state index contributed by atoms with van der Waals surface area (Å²) in [5.74, 6) is 0.326. The number of hydrogen-bond donors (Lipinski definition) is 0. The van der Waals surface area contributed by atoms with Crippen LogP contribution in [-0.4, -0.2) is 52.4 Å². The average Bonchev–Trinajstić information content (AvgIpc) is 3.18. The lowest BCUT2D eigenvalue weighted by atomic mass is 10.0. The number of aromatic nitrogens is 1. The molecule has 0 radical (unpaired) electrons. The molecule has 2 aliphatic heterocycles. The third kappa shape index (κ3) is 5.49. The smallest absolute Gasteiger partial charge is 0.270 e. The van der Waals surface area contributed by atoms with Crippen molar-refractivity contribution in [1.82, 2.24) is 9.47 Å². The Morgan fingerprint density at radius 2 is 1.71 bits per heavy atom. The quantitative estimate of drug-likeness (QED) is 0.340. The van der Waals surface area contributed by atoms with Crippen LogP contribution in [0, 0.1) is 24.1 Å². The Labute approximate surface area is 232 Å². The van der Waals surface area contributed by atoms with Gasteiger partial charge in [-0.3, -0.25) is 19.1 Å². The molecule has 2 saturated heterocycles. The predicted octanol–water partition coefficient (Wildman–Crippen LogP) is 4.91. The lowest BCUT2D eigenvalue weighted by Gasteiger charge is -2.39. The summed E-state index contributed by atoms with van der Waals surface area (Å²) >= 11 is 6.73. The first-order chi connectivity index (χ1) is 18.3. The van der Waals surface area contributed by atoms with Crippen molar-refractivity contribution < 1.29 is 9.18 Å². The molecule has 0 spiro atoms. The van der Waals surface area contributed by atoms with Gasteiger partial charge in [0, 0.05) is 50.5 Å². The fourth-order valence-electron chi connectivity index (χ4n) is 4.88. The maximum Gasteiger partial charge on any atom is 0.270 e. The van der Waals surface area contributed by atoms with E-state index in [9.17, 15) is 19.2 Å². The fourth-order valence-corrected chi connectivity index (χ4v) is 6.17. The van der Waals surface area contributed by atoms with E-state index in [4.69, 9.17) is 12.2 Å². The molecule has 0 aliphatic carbocycles. The summed E-state index contributed by atoms with van der Waals surface area (Å²) in [5.41, 5.74) is 2.03. The van der Waals surface area contributed by atoms with E-state index in [-0.39, 0.29) is 22.8 Å². The number of piperazine rings is 1. The number of benzene rings is 1. The first kappa shape index (κ1) is 27.9. The number of nitriles is 1. The van der Waals surface area contributed by atoms with E-state index >= 15 is 0 Å². The van der Waals surface area contributed by atoms with Gasteiger partial charge in [-0.05, 0) is 55.7 Å². The molecular weight excluding hydrogens is 521 g/mol. The van der Waals surface area contributed by atoms with Crippen molar-refractivity contribution in [3.8, 4) is 6.07 Å². The molecule has 1 aromatic heterocycles. The molecule has 0 N–H and O–H groups in total. The van der Waals surface area contributed by atoms with Crippen molar-refractivity contribution in [2.24, 2.45) is 0 Å². The van der Waals surface area contributed by atoms with Crippen molar-refractivity contribution in [3.63, 3.8) is 0 Å². The van der Waals surface area contributed by atoms with Crippen LogP contribution in [0.2, 0.25) is 0 Å². The van der Waals surface area contributed by atoms with Gasteiger partial charge in [0.2, 0.25) is 0 Å². The van der Waals surface area contributed by atoms with Crippen LogP contribution in [-0.2, 0) is 11.3 Å². The summed E-state index contributed by atoms with van der Waals surface area (Å²) in [5, 5.41) is 9.89. The zero-order valence-corrected chi connectivity index (χ0v) is 23.6. The fraction of sp³-hybridized carbons (Fsp3) is 0.429. The molecule has 7 nitrogen and oxygen atoms in total. The summed E-state index contributed by atoms with van der Waals surface area (Å²) < 4.78 is 15.7. The number of pyridine rings is 1. The Hall–Kier alpha value is -3.16. The van der Waals surface area contributed by atoms with Crippen LogP contribution >= 0.6 is 24.0 Å². The van der Waals surface area contributed by atoms with Gasteiger partial charge in [-0.15, -0.1) is 0 Å². The van der Waals surface area contributed by atoms with E-state index in [0.29, 0.717) is 59.6 Å². The van der Waals surface area contributed by atoms with Gasteiger partial charge in [-0.2, -0.15) is 5.26 Å². The molecule has 0 unspecified atom stereocenters. The number of nitrogens with zero attached hydrogens (tertiary/aromatic N) is 5. The molecule has 2 aromatic rings. The minimum atomic E-state index is -0.301. The molecular formula is C28H32FN5O2S2. The summed E-state index contributed by atoms with van der Waals surface area (Å²) in [6.07, 6.45) is 4.29. The monoisotopic (exact) mass is 553 g/mol. The van der Waals surface area contributed by atoms with Crippen molar-refractivity contribution in [3.05, 3.63) is 62.0 Å². The number of carbonyl (C=O) groups excluding carboxylic acids is 1. The standard InChI is InChI=1S/C28H32FN5O2S2/c1-4-6-12-33-25(32-15-13-31(14-16-32)21-9-7-20(29)8-10-21)22(19(3)23(18-30)26(33)35)17-24-27(36)34(11-5-2)28(37)38-24/h7-10,17H,4-6,11-16H2,1-3H3. The SMILES string of the molecule is CCCCn1c(N2CCN(c3ccc(F)cc3)CC2)c(C=C2SC(=S)N(CCC)C2=O)c(C)c(C#N)c1=O. The predicted molar refractivity (Wildman–Crippen MR) is 156 cm³/mol. The minimum Gasteiger partial charge on any atom is -0.368 e. The van der Waals surface area contributed by atoms with E-state index in [1.165, 1.54) is 23.9 Å². The molecule has 1 aromatic carbocycles. The van der Waals surface area contributed by atoms with Gasteiger partial charge in [0.15, 0.2) is 0 Å². The Morgan fingerprint density at radius 1 is 1.05 bits per heavy atom. The number of carbonyl (C=O) groups is 1. The van der Waals surface area contributed by atoms with Gasteiger partial charge in [0.05, 0.1) is 4.91 Å². The molecule has 38 heavy (non-hydrogen) atoms. The van der Waals surface area contributed by atoms with E-state index < -0.39 is 0 Å². The lowest BCUT2D eigenvalue weighted by Crippen LogP contribution is -2.48. The van der Waals surface area contributed by atoms with Gasteiger partial charge in [0.1, 0.15) is 27.6 Å². The van der Waals surface area contributed by atoms with E-state index in [0.717, 1.165) is 30.8 Å². The number of thioether (sulfide) groups is 1.